The van der Waals surface area contributed by atoms with Gasteiger partial charge in [0.15, 0.2) is 0 Å². The van der Waals surface area contributed by atoms with E-state index >= 15 is 0 Å². The molecule has 0 saturated carbocycles. The molecule has 2 rings (SSSR count). The summed E-state index contributed by atoms with van der Waals surface area (Å²) >= 11 is 0. The van der Waals surface area contributed by atoms with Gasteiger partial charge in [-0.1, -0.05) is 60.7 Å². The van der Waals surface area contributed by atoms with Gasteiger partial charge in [0.2, 0.25) is 0 Å². The van der Waals surface area contributed by atoms with Gasteiger partial charge in [0.05, 0.1) is 13.2 Å². The minimum Gasteiger partial charge on any atom is -0.372 e. The third kappa shape index (κ3) is 13.2. The molecule has 0 N–H and O–H groups in total. The second kappa shape index (κ2) is 21.5. The molecule has 0 bridgehead atoms. The van der Waals surface area contributed by atoms with Crippen LogP contribution >= 0.6 is 0 Å². The molecular formula is C17H14CrO4. The van der Waals surface area contributed by atoms with E-state index in [1.807, 2.05) is 36.4 Å². The zero-order valence-electron chi connectivity index (χ0n) is 11.7. The van der Waals surface area contributed by atoms with Crippen LogP contribution in [0.25, 0.3) is 0 Å². The van der Waals surface area contributed by atoms with E-state index in [1.54, 1.807) is 0 Å². The van der Waals surface area contributed by atoms with Crippen LogP contribution < -0.4 is 0 Å². The molecule has 0 spiro atoms. The number of ether oxygens (including phenoxy) is 1. The number of benzene rings is 2. The maximum Gasteiger partial charge on any atom is 0.0721 e. The van der Waals surface area contributed by atoms with Gasteiger partial charge in [-0.25, -0.2) is 0 Å². The topological polar surface area (TPSA) is 68.9 Å². The fraction of sp³-hybridized carbons (Fsp3) is 0.118. The van der Waals surface area contributed by atoms with Crippen LogP contribution in [-0.2, 0) is 49.3 Å². The van der Waals surface area contributed by atoms with E-state index in [4.69, 9.17) is 18.7 Å². The predicted molar refractivity (Wildman–Crippen MR) is 73.2 cm³/mol. The third-order valence-electron chi connectivity index (χ3n) is 2.22. The quantitative estimate of drug-likeness (QED) is 0.625. The summed E-state index contributed by atoms with van der Waals surface area (Å²) in [6.07, 6.45) is 0. The van der Waals surface area contributed by atoms with Gasteiger partial charge in [-0.15, -0.1) is 0 Å². The second-order valence-electron chi connectivity index (χ2n) is 3.46. The van der Waals surface area contributed by atoms with Crippen LogP contribution in [0.3, 0.4) is 0 Å². The Balaban J connectivity index is -0.000000463. The fourth-order valence-electron chi connectivity index (χ4n) is 1.44. The molecule has 0 heterocycles. The Kier molecular flexibility index (Phi) is 24.5. The normalized spacial score (nSPS) is 7.18. The van der Waals surface area contributed by atoms with Crippen LogP contribution in [-0.4, -0.2) is 0 Å². The molecule has 5 heteroatoms. The average molecular weight is 334 g/mol. The maximum absolute atomic E-state index is 7.50. The summed E-state index contributed by atoms with van der Waals surface area (Å²) in [4.78, 5) is 0. The first-order chi connectivity index (χ1) is 10.4. The van der Waals surface area contributed by atoms with Gasteiger partial charge in [-0.2, -0.15) is 0 Å². The Labute approximate surface area is 141 Å². The van der Waals surface area contributed by atoms with E-state index in [-0.39, 0.29) is 17.4 Å². The molecule has 0 saturated heterocycles. The monoisotopic (exact) mass is 334 g/mol. The number of hydrogen-bond donors (Lipinski definition) is 0. The Morgan fingerprint density at radius 3 is 1.14 bits per heavy atom. The number of hydrogen-bond acceptors (Lipinski definition) is 1. The molecule has 0 aliphatic carbocycles. The van der Waals surface area contributed by atoms with Crippen LogP contribution in [0.5, 0.6) is 0 Å². The number of rotatable bonds is 4. The molecule has 0 aliphatic rings. The predicted octanol–water partition coefficient (Wildman–Crippen LogP) is 3.29. The third-order valence-corrected chi connectivity index (χ3v) is 2.22. The van der Waals surface area contributed by atoms with E-state index in [0.29, 0.717) is 13.2 Å². The SMILES string of the molecule is [C-]#[O+].[C-]#[O+].[C-]#[O+].[Cr].c1ccc(COCc2ccccc2)cc1. The summed E-state index contributed by atoms with van der Waals surface area (Å²) in [6.45, 7) is 14.9. The Morgan fingerprint density at radius 1 is 0.591 bits per heavy atom. The van der Waals surface area contributed by atoms with Gasteiger partial charge in [0.1, 0.15) is 0 Å². The molecule has 112 valence electrons. The summed E-state index contributed by atoms with van der Waals surface area (Å²) in [5.41, 5.74) is 2.43. The largest absolute Gasteiger partial charge is 0.372 e. The fourth-order valence-corrected chi connectivity index (χ4v) is 1.44. The maximum atomic E-state index is 7.50. The molecule has 0 fully saturated rings. The molecule has 0 aromatic heterocycles. The van der Waals surface area contributed by atoms with E-state index in [1.165, 1.54) is 11.1 Å². The molecule has 2 aromatic carbocycles. The molecular weight excluding hydrogens is 320 g/mol. The summed E-state index contributed by atoms with van der Waals surface area (Å²) in [5.74, 6) is 0. The van der Waals surface area contributed by atoms with Gasteiger partial charge < -0.3 is 4.74 Å². The molecule has 0 aliphatic heterocycles. The molecule has 0 atom stereocenters. The molecule has 0 unspecified atom stereocenters. The van der Waals surface area contributed by atoms with Crippen molar-refractivity contribution in [1.82, 2.24) is 0 Å². The summed E-state index contributed by atoms with van der Waals surface area (Å²) < 4.78 is 28.1. The van der Waals surface area contributed by atoms with Crippen molar-refractivity contribution in [3.8, 4) is 0 Å². The van der Waals surface area contributed by atoms with Crippen molar-refractivity contribution < 1.29 is 36.1 Å². The van der Waals surface area contributed by atoms with Gasteiger partial charge in [-0.3, -0.25) is 0 Å². The molecule has 2 aromatic rings. The first kappa shape index (κ1) is 25.1. The zero-order valence-corrected chi connectivity index (χ0v) is 13.0. The molecule has 22 heavy (non-hydrogen) atoms. The average Bonchev–Trinajstić information content (AvgIpc) is 2.62. The van der Waals surface area contributed by atoms with E-state index < -0.39 is 0 Å². The molecule has 0 radical (unpaired) electrons. The van der Waals surface area contributed by atoms with Crippen LogP contribution in [0.4, 0.5) is 0 Å². The van der Waals surface area contributed by atoms with Crippen molar-refractivity contribution in [3.63, 3.8) is 0 Å². The van der Waals surface area contributed by atoms with Crippen LogP contribution in [0.1, 0.15) is 11.1 Å². The van der Waals surface area contributed by atoms with Crippen molar-refractivity contribution in [2.24, 2.45) is 0 Å². The summed E-state index contributed by atoms with van der Waals surface area (Å²) in [7, 11) is 0. The van der Waals surface area contributed by atoms with Gasteiger partial charge in [-0.05, 0) is 11.1 Å². The van der Waals surface area contributed by atoms with Crippen LogP contribution in [0, 0.1) is 20.0 Å². The van der Waals surface area contributed by atoms with Crippen molar-refractivity contribution in [2.45, 2.75) is 13.2 Å². The Hall–Kier alpha value is -1.85. The Bertz CT molecular complexity index is 453. The van der Waals surface area contributed by atoms with Crippen molar-refractivity contribution in [2.75, 3.05) is 0 Å². The van der Waals surface area contributed by atoms with Gasteiger partial charge in [0.25, 0.3) is 0 Å². The summed E-state index contributed by atoms with van der Waals surface area (Å²) in [5, 5.41) is 0. The smallest absolute Gasteiger partial charge is 0.0721 e. The van der Waals surface area contributed by atoms with Gasteiger partial charge >= 0.3 is 33.9 Å². The van der Waals surface area contributed by atoms with Crippen molar-refractivity contribution in [1.29, 1.82) is 0 Å². The Morgan fingerprint density at radius 2 is 0.864 bits per heavy atom. The summed E-state index contributed by atoms with van der Waals surface area (Å²) in [6, 6.07) is 20.4. The first-order valence-electron chi connectivity index (χ1n) is 5.72. The standard InChI is InChI=1S/C14H14O.3CO.Cr/c1-3-7-13(8-4-1)11-15-12-14-9-5-2-6-10-14;3*1-2;/h1-10H,11-12H2;;;;. The van der Waals surface area contributed by atoms with Crippen LogP contribution in [0.15, 0.2) is 60.7 Å². The first-order valence-corrected chi connectivity index (χ1v) is 5.72. The van der Waals surface area contributed by atoms with Crippen molar-refractivity contribution >= 4 is 0 Å². The second-order valence-corrected chi connectivity index (χ2v) is 3.46. The van der Waals surface area contributed by atoms with E-state index in [9.17, 15) is 0 Å². The molecule has 4 nitrogen and oxygen atoms in total. The van der Waals surface area contributed by atoms with E-state index in [2.05, 4.69) is 44.2 Å². The minimum atomic E-state index is 0. The zero-order chi connectivity index (χ0) is 16.3. The van der Waals surface area contributed by atoms with Gasteiger partial charge in [0, 0.05) is 17.4 Å². The van der Waals surface area contributed by atoms with Crippen LogP contribution in [0.2, 0.25) is 0 Å². The van der Waals surface area contributed by atoms with Crippen molar-refractivity contribution in [3.05, 3.63) is 91.7 Å². The molecule has 0 amide bonds. The minimum absolute atomic E-state index is 0. The van der Waals surface area contributed by atoms with E-state index in [0.717, 1.165) is 0 Å².